The van der Waals surface area contributed by atoms with Crippen LogP contribution in [-0.4, -0.2) is 82.1 Å². The zero-order valence-electron chi connectivity index (χ0n) is 20.3. The van der Waals surface area contributed by atoms with E-state index >= 15 is 0 Å². The van der Waals surface area contributed by atoms with Crippen molar-refractivity contribution in [1.82, 2.24) is 20.4 Å². The van der Waals surface area contributed by atoms with Crippen LogP contribution in [0.5, 0.6) is 5.75 Å². The van der Waals surface area contributed by atoms with Crippen LogP contribution in [0.2, 0.25) is 0 Å². The molecule has 0 bridgehead atoms. The molecule has 2 aliphatic heterocycles. The van der Waals surface area contributed by atoms with Gasteiger partial charge >= 0.3 is 11.8 Å². The minimum absolute atomic E-state index is 0.0308. The molecule has 0 spiro atoms. The van der Waals surface area contributed by atoms with Crippen LogP contribution >= 0.6 is 0 Å². The predicted octanol–water partition coefficient (Wildman–Crippen LogP) is 1.41. The molecule has 1 saturated heterocycles. The van der Waals surface area contributed by atoms with Crippen molar-refractivity contribution in [3.63, 3.8) is 0 Å². The molecule has 34 heavy (non-hydrogen) atoms. The first-order valence-electron chi connectivity index (χ1n) is 11.9. The van der Waals surface area contributed by atoms with Crippen molar-refractivity contribution in [2.75, 3.05) is 65.4 Å². The van der Waals surface area contributed by atoms with E-state index < -0.39 is 11.8 Å². The number of likely N-dealkylation sites (N-methyl/N-ethyl adjacent to an activating group) is 2. The van der Waals surface area contributed by atoms with Crippen molar-refractivity contribution in [2.45, 2.75) is 19.0 Å². The molecular weight excluding hydrogens is 430 g/mol. The van der Waals surface area contributed by atoms with E-state index in [4.69, 9.17) is 4.74 Å². The third kappa shape index (κ3) is 5.69. The van der Waals surface area contributed by atoms with Crippen LogP contribution in [0.3, 0.4) is 0 Å². The number of fused-ring (bicyclic) bond motifs is 1. The maximum atomic E-state index is 12.6. The first kappa shape index (κ1) is 24.0. The van der Waals surface area contributed by atoms with E-state index in [2.05, 4.69) is 57.6 Å². The number of hydrogen-bond acceptors (Lipinski definition) is 6. The van der Waals surface area contributed by atoms with Gasteiger partial charge in [-0.3, -0.25) is 14.5 Å². The van der Waals surface area contributed by atoms with E-state index in [0.717, 1.165) is 50.5 Å². The standard InChI is InChI=1S/C26H35N5O3/c1-29-12-14-31(15-13-29)24(20-6-9-23-21(16-20)10-11-30(23)2)18-28-26(33)25(32)27-17-19-4-7-22(34-3)8-5-19/h4-9,16,24H,10-15,17-18H2,1-3H3,(H,27,32)(H,28,33)/t24-/m1/s1. The summed E-state index contributed by atoms with van der Waals surface area (Å²) in [6.45, 7) is 5.54. The Morgan fingerprint density at radius 3 is 2.35 bits per heavy atom. The van der Waals surface area contributed by atoms with Gasteiger partial charge in [0.1, 0.15) is 5.75 Å². The number of rotatable bonds is 7. The molecule has 0 aromatic heterocycles. The quantitative estimate of drug-likeness (QED) is 0.603. The molecule has 2 aromatic carbocycles. The normalized spacial score (nSPS) is 17.2. The van der Waals surface area contributed by atoms with Gasteiger partial charge in [0.2, 0.25) is 0 Å². The number of methoxy groups -OCH3 is 1. The fourth-order valence-corrected chi connectivity index (χ4v) is 4.66. The van der Waals surface area contributed by atoms with Gasteiger partial charge in [-0.05, 0) is 48.4 Å². The number of ether oxygens (including phenoxy) is 1. The number of anilines is 1. The van der Waals surface area contributed by atoms with Crippen LogP contribution in [0.4, 0.5) is 5.69 Å². The monoisotopic (exact) mass is 465 g/mol. The summed E-state index contributed by atoms with van der Waals surface area (Å²) in [5, 5.41) is 5.59. The van der Waals surface area contributed by atoms with Crippen molar-refractivity contribution in [3.8, 4) is 5.75 Å². The smallest absolute Gasteiger partial charge is 0.309 e. The molecule has 0 aliphatic carbocycles. The fraction of sp³-hybridized carbons (Fsp3) is 0.462. The maximum Gasteiger partial charge on any atom is 0.309 e. The van der Waals surface area contributed by atoms with E-state index in [1.807, 2.05) is 24.3 Å². The molecule has 8 heteroatoms. The number of amides is 2. The van der Waals surface area contributed by atoms with Crippen LogP contribution < -0.4 is 20.3 Å². The molecular formula is C26H35N5O3. The summed E-state index contributed by atoms with van der Waals surface area (Å²) >= 11 is 0. The Balaban J connectivity index is 1.38. The Kier molecular flexibility index (Phi) is 7.70. The van der Waals surface area contributed by atoms with Gasteiger partial charge in [-0.15, -0.1) is 0 Å². The molecule has 8 nitrogen and oxygen atoms in total. The minimum Gasteiger partial charge on any atom is -0.497 e. The number of benzene rings is 2. The second kappa shape index (κ2) is 10.9. The highest BCUT2D eigenvalue weighted by Crippen LogP contribution is 2.31. The first-order valence-corrected chi connectivity index (χ1v) is 11.9. The molecule has 2 heterocycles. The van der Waals surface area contributed by atoms with Crippen LogP contribution in [-0.2, 0) is 22.6 Å². The molecule has 4 rings (SSSR count). The van der Waals surface area contributed by atoms with Crippen LogP contribution in [0.15, 0.2) is 42.5 Å². The average Bonchev–Trinajstić information content (AvgIpc) is 3.23. The number of nitrogens with one attached hydrogen (secondary N) is 2. The van der Waals surface area contributed by atoms with Gasteiger partial charge < -0.3 is 25.2 Å². The maximum absolute atomic E-state index is 12.6. The highest BCUT2D eigenvalue weighted by Gasteiger charge is 2.27. The molecule has 0 radical (unpaired) electrons. The largest absolute Gasteiger partial charge is 0.497 e. The Labute approximate surface area is 201 Å². The van der Waals surface area contributed by atoms with E-state index in [-0.39, 0.29) is 12.6 Å². The average molecular weight is 466 g/mol. The van der Waals surface area contributed by atoms with Crippen molar-refractivity contribution in [2.24, 2.45) is 0 Å². The zero-order valence-corrected chi connectivity index (χ0v) is 20.3. The second-order valence-corrected chi connectivity index (χ2v) is 9.16. The minimum atomic E-state index is -0.622. The summed E-state index contributed by atoms with van der Waals surface area (Å²) in [6.07, 6.45) is 1.04. The highest BCUT2D eigenvalue weighted by atomic mass is 16.5. The Morgan fingerprint density at radius 1 is 0.941 bits per heavy atom. The van der Waals surface area contributed by atoms with Crippen LogP contribution in [0.1, 0.15) is 22.7 Å². The van der Waals surface area contributed by atoms with Crippen molar-refractivity contribution < 1.29 is 14.3 Å². The third-order valence-electron chi connectivity index (χ3n) is 6.87. The summed E-state index contributed by atoms with van der Waals surface area (Å²) < 4.78 is 5.15. The fourth-order valence-electron chi connectivity index (χ4n) is 4.66. The SMILES string of the molecule is COc1ccc(CNC(=O)C(=O)NC[C@H](c2ccc3c(c2)CCN3C)N2CCN(C)CC2)cc1. The lowest BCUT2D eigenvalue weighted by atomic mass is 10.00. The molecule has 1 fully saturated rings. The summed E-state index contributed by atoms with van der Waals surface area (Å²) in [6, 6.07) is 14.1. The lowest BCUT2D eigenvalue weighted by Gasteiger charge is -2.38. The van der Waals surface area contributed by atoms with Gasteiger partial charge in [0.15, 0.2) is 0 Å². The number of carbonyl (C=O) groups excluding carboxylic acids is 2. The van der Waals surface area contributed by atoms with Gasteiger partial charge in [-0.1, -0.05) is 24.3 Å². The Hall–Kier alpha value is -3.10. The van der Waals surface area contributed by atoms with Crippen molar-refractivity contribution in [1.29, 1.82) is 0 Å². The van der Waals surface area contributed by atoms with Crippen molar-refractivity contribution in [3.05, 3.63) is 59.2 Å². The number of piperazine rings is 1. The lowest BCUT2D eigenvalue weighted by molar-refractivity contribution is -0.139. The van der Waals surface area contributed by atoms with Gasteiger partial charge in [0, 0.05) is 58.5 Å². The van der Waals surface area contributed by atoms with Crippen LogP contribution in [0.25, 0.3) is 0 Å². The zero-order chi connectivity index (χ0) is 24.1. The third-order valence-corrected chi connectivity index (χ3v) is 6.87. The molecule has 2 N–H and O–H groups in total. The lowest BCUT2D eigenvalue weighted by Crippen LogP contribution is -2.49. The van der Waals surface area contributed by atoms with E-state index in [1.165, 1.54) is 16.8 Å². The second-order valence-electron chi connectivity index (χ2n) is 9.16. The van der Waals surface area contributed by atoms with Gasteiger partial charge in [0.25, 0.3) is 0 Å². The molecule has 2 aliphatic rings. The summed E-state index contributed by atoms with van der Waals surface area (Å²) in [5.74, 6) is -0.474. The van der Waals surface area contributed by atoms with Gasteiger partial charge in [-0.25, -0.2) is 0 Å². The number of hydrogen-bond donors (Lipinski definition) is 2. The topological polar surface area (TPSA) is 77.1 Å². The van der Waals surface area contributed by atoms with Gasteiger partial charge in [0.05, 0.1) is 13.2 Å². The van der Waals surface area contributed by atoms with Gasteiger partial charge in [-0.2, -0.15) is 0 Å². The first-order chi connectivity index (χ1) is 16.4. The number of nitrogens with zero attached hydrogens (tertiary/aromatic N) is 3. The molecule has 2 aromatic rings. The molecule has 1 atom stereocenters. The number of carbonyl (C=O) groups is 2. The molecule has 0 unspecified atom stereocenters. The summed E-state index contributed by atoms with van der Waals surface area (Å²) in [5.41, 5.74) is 4.73. The highest BCUT2D eigenvalue weighted by molar-refractivity contribution is 6.35. The molecule has 0 saturated carbocycles. The molecule has 182 valence electrons. The van der Waals surface area contributed by atoms with Crippen molar-refractivity contribution >= 4 is 17.5 Å². The summed E-state index contributed by atoms with van der Waals surface area (Å²) in [7, 11) is 5.86. The summed E-state index contributed by atoms with van der Waals surface area (Å²) in [4.78, 5) is 32.0. The predicted molar refractivity (Wildman–Crippen MR) is 133 cm³/mol. The Bertz CT molecular complexity index is 1000. The Morgan fingerprint density at radius 2 is 1.65 bits per heavy atom. The van der Waals surface area contributed by atoms with Crippen LogP contribution in [0, 0.1) is 0 Å². The van der Waals surface area contributed by atoms with E-state index in [9.17, 15) is 9.59 Å². The molecule has 2 amide bonds. The van der Waals surface area contributed by atoms with E-state index in [1.54, 1.807) is 7.11 Å². The van der Waals surface area contributed by atoms with E-state index in [0.29, 0.717) is 6.54 Å².